The van der Waals surface area contributed by atoms with Crippen molar-refractivity contribution in [3.8, 4) is 5.75 Å². The van der Waals surface area contributed by atoms with Crippen LogP contribution in [0.3, 0.4) is 0 Å². The van der Waals surface area contributed by atoms with E-state index in [1.807, 2.05) is 0 Å². The van der Waals surface area contributed by atoms with E-state index in [0.29, 0.717) is 11.5 Å². The SMILES string of the molecule is COC(=O)C(NC(=O)c1ccc(COc2ccc(F)cc2)o1)C(C)C. The summed E-state index contributed by atoms with van der Waals surface area (Å²) in [5.41, 5.74) is 0. The highest BCUT2D eigenvalue weighted by Gasteiger charge is 2.26. The summed E-state index contributed by atoms with van der Waals surface area (Å²) in [4.78, 5) is 23.9. The molecule has 2 aromatic rings. The van der Waals surface area contributed by atoms with Crippen LogP contribution >= 0.6 is 0 Å². The van der Waals surface area contributed by atoms with Crippen molar-refractivity contribution in [1.29, 1.82) is 0 Å². The van der Waals surface area contributed by atoms with E-state index in [-0.39, 0.29) is 24.1 Å². The molecule has 0 spiro atoms. The summed E-state index contributed by atoms with van der Waals surface area (Å²) >= 11 is 0. The molecule has 1 aromatic carbocycles. The molecule has 1 unspecified atom stereocenters. The fourth-order valence-corrected chi connectivity index (χ4v) is 2.10. The highest BCUT2D eigenvalue weighted by atomic mass is 19.1. The largest absolute Gasteiger partial charge is 0.486 e. The van der Waals surface area contributed by atoms with Gasteiger partial charge in [0, 0.05) is 0 Å². The Morgan fingerprint density at radius 2 is 1.84 bits per heavy atom. The monoisotopic (exact) mass is 349 g/mol. The van der Waals surface area contributed by atoms with Crippen molar-refractivity contribution in [2.75, 3.05) is 7.11 Å². The van der Waals surface area contributed by atoms with E-state index in [2.05, 4.69) is 10.1 Å². The smallest absolute Gasteiger partial charge is 0.328 e. The molecule has 0 saturated carbocycles. The summed E-state index contributed by atoms with van der Waals surface area (Å²) in [6.45, 7) is 3.68. The van der Waals surface area contributed by atoms with Gasteiger partial charge in [0.25, 0.3) is 5.91 Å². The Kier molecular flexibility index (Phi) is 6.16. The molecule has 2 rings (SSSR count). The molecule has 1 N–H and O–H groups in total. The predicted molar refractivity (Wildman–Crippen MR) is 87.5 cm³/mol. The Labute approximate surface area is 144 Å². The van der Waals surface area contributed by atoms with Gasteiger partial charge in [-0.2, -0.15) is 0 Å². The van der Waals surface area contributed by atoms with Crippen LogP contribution < -0.4 is 10.1 Å². The third kappa shape index (κ3) is 5.07. The van der Waals surface area contributed by atoms with Gasteiger partial charge in [-0.3, -0.25) is 4.79 Å². The van der Waals surface area contributed by atoms with Crippen LogP contribution in [0.15, 0.2) is 40.8 Å². The quantitative estimate of drug-likeness (QED) is 0.778. The molecule has 0 radical (unpaired) electrons. The summed E-state index contributed by atoms with van der Waals surface area (Å²) in [6.07, 6.45) is 0. The molecular weight excluding hydrogens is 329 g/mol. The number of esters is 1. The molecule has 1 atom stereocenters. The van der Waals surface area contributed by atoms with Crippen LogP contribution in [0.25, 0.3) is 0 Å². The molecule has 25 heavy (non-hydrogen) atoms. The topological polar surface area (TPSA) is 77.8 Å². The average molecular weight is 349 g/mol. The second kappa shape index (κ2) is 8.32. The van der Waals surface area contributed by atoms with Crippen molar-refractivity contribution >= 4 is 11.9 Å². The van der Waals surface area contributed by atoms with Gasteiger partial charge in [0.15, 0.2) is 5.76 Å². The van der Waals surface area contributed by atoms with Crippen LogP contribution in [-0.4, -0.2) is 25.0 Å². The highest BCUT2D eigenvalue weighted by molar-refractivity contribution is 5.94. The Morgan fingerprint density at radius 3 is 2.44 bits per heavy atom. The van der Waals surface area contributed by atoms with Gasteiger partial charge in [-0.25, -0.2) is 9.18 Å². The first-order valence-electron chi connectivity index (χ1n) is 7.76. The lowest BCUT2D eigenvalue weighted by molar-refractivity contribution is -0.144. The number of amides is 1. The van der Waals surface area contributed by atoms with Gasteiger partial charge in [0.2, 0.25) is 0 Å². The number of nitrogens with one attached hydrogen (secondary N) is 1. The Bertz CT molecular complexity index is 723. The minimum atomic E-state index is -0.762. The molecule has 1 amide bonds. The number of hydrogen-bond acceptors (Lipinski definition) is 5. The van der Waals surface area contributed by atoms with E-state index >= 15 is 0 Å². The first-order valence-corrected chi connectivity index (χ1v) is 7.76. The number of furan rings is 1. The molecular formula is C18H20FNO5. The van der Waals surface area contributed by atoms with E-state index in [9.17, 15) is 14.0 Å². The second-order valence-corrected chi connectivity index (χ2v) is 5.73. The number of rotatable bonds is 7. The van der Waals surface area contributed by atoms with Crippen LogP contribution in [0.1, 0.15) is 30.2 Å². The second-order valence-electron chi connectivity index (χ2n) is 5.73. The van der Waals surface area contributed by atoms with Crippen molar-refractivity contribution in [3.05, 3.63) is 53.7 Å². The fraction of sp³-hybridized carbons (Fsp3) is 0.333. The third-order valence-corrected chi connectivity index (χ3v) is 3.49. The van der Waals surface area contributed by atoms with Gasteiger partial charge in [-0.15, -0.1) is 0 Å². The molecule has 0 aliphatic heterocycles. The van der Waals surface area contributed by atoms with Gasteiger partial charge in [0.1, 0.15) is 30.0 Å². The van der Waals surface area contributed by atoms with Crippen molar-refractivity contribution in [3.63, 3.8) is 0 Å². The molecule has 1 aromatic heterocycles. The van der Waals surface area contributed by atoms with Crippen LogP contribution in [0.2, 0.25) is 0 Å². The summed E-state index contributed by atoms with van der Waals surface area (Å²) in [7, 11) is 1.27. The fourth-order valence-electron chi connectivity index (χ4n) is 2.10. The zero-order valence-corrected chi connectivity index (χ0v) is 14.2. The maximum absolute atomic E-state index is 12.8. The number of benzene rings is 1. The van der Waals surface area contributed by atoms with Gasteiger partial charge in [-0.1, -0.05) is 13.8 Å². The van der Waals surface area contributed by atoms with Crippen LogP contribution in [0.5, 0.6) is 5.75 Å². The number of carbonyl (C=O) groups is 2. The predicted octanol–water partition coefficient (Wildman–Crippen LogP) is 2.93. The summed E-state index contributed by atoms with van der Waals surface area (Å²) in [5, 5.41) is 2.59. The standard InChI is InChI=1S/C18H20FNO5/c1-11(2)16(18(22)23-3)20-17(21)15-9-8-14(25-15)10-24-13-6-4-12(19)5-7-13/h4-9,11,16H,10H2,1-3H3,(H,20,21). The summed E-state index contributed by atoms with van der Waals surface area (Å²) in [6, 6.07) is 7.89. The number of carbonyl (C=O) groups excluding carboxylic acids is 2. The summed E-state index contributed by atoms with van der Waals surface area (Å²) < 4.78 is 28.4. The Balaban J connectivity index is 1.96. The minimum absolute atomic E-state index is 0.0623. The van der Waals surface area contributed by atoms with E-state index in [0.717, 1.165) is 0 Å². The van der Waals surface area contributed by atoms with E-state index in [4.69, 9.17) is 9.15 Å². The molecule has 0 saturated heterocycles. The molecule has 0 fully saturated rings. The van der Waals surface area contributed by atoms with Gasteiger partial charge < -0.3 is 19.2 Å². The van der Waals surface area contributed by atoms with Crippen LogP contribution in [-0.2, 0) is 16.1 Å². The number of halogens is 1. The first kappa shape index (κ1) is 18.5. The van der Waals surface area contributed by atoms with Gasteiger partial charge in [0.05, 0.1) is 7.11 Å². The highest BCUT2D eigenvalue weighted by Crippen LogP contribution is 2.15. The normalized spacial score (nSPS) is 11.9. The van der Waals surface area contributed by atoms with Crippen molar-refractivity contribution in [2.45, 2.75) is 26.5 Å². The van der Waals surface area contributed by atoms with Crippen molar-refractivity contribution in [2.24, 2.45) is 5.92 Å². The van der Waals surface area contributed by atoms with Gasteiger partial charge in [-0.05, 0) is 42.3 Å². The maximum Gasteiger partial charge on any atom is 0.328 e. The third-order valence-electron chi connectivity index (χ3n) is 3.49. The zero-order valence-electron chi connectivity index (χ0n) is 14.2. The van der Waals surface area contributed by atoms with Gasteiger partial charge >= 0.3 is 5.97 Å². The van der Waals surface area contributed by atoms with Crippen LogP contribution in [0, 0.1) is 11.7 Å². The summed E-state index contributed by atoms with van der Waals surface area (Å²) in [5.74, 6) is -0.551. The number of ether oxygens (including phenoxy) is 2. The average Bonchev–Trinajstić information content (AvgIpc) is 3.07. The minimum Gasteiger partial charge on any atom is -0.486 e. The number of methoxy groups -OCH3 is 1. The lowest BCUT2D eigenvalue weighted by Crippen LogP contribution is -2.44. The molecule has 134 valence electrons. The Morgan fingerprint density at radius 1 is 1.16 bits per heavy atom. The van der Waals surface area contributed by atoms with E-state index < -0.39 is 17.9 Å². The first-order chi connectivity index (χ1) is 11.9. The molecule has 0 aliphatic carbocycles. The Hall–Kier alpha value is -2.83. The molecule has 0 aliphatic rings. The lowest BCUT2D eigenvalue weighted by atomic mass is 10.0. The number of hydrogen-bond donors (Lipinski definition) is 1. The molecule has 0 bridgehead atoms. The van der Waals surface area contributed by atoms with Crippen molar-refractivity contribution < 1.29 is 27.9 Å². The zero-order chi connectivity index (χ0) is 18.4. The molecule has 6 nitrogen and oxygen atoms in total. The molecule has 7 heteroatoms. The maximum atomic E-state index is 12.8. The lowest BCUT2D eigenvalue weighted by Gasteiger charge is -2.18. The molecule has 1 heterocycles. The van der Waals surface area contributed by atoms with E-state index in [1.165, 1.54) is 37.4 Å². The van der Waals surface area contributed by atoms with Crippen LogP contribution in [0.4, 0.5) is 4.39 Å². The van der Waals surface area contributed by atoms with Crippen molar-refractivity contribution in [1.82, 2.24) is 5.32 Å². The van der Waals surface area contributed by atoms with E-state index in [1.54, 1.807) is 19.9 Å².